The Labute approximate surface area is 242 Å². The van der Waals surface area contributed by atoms with Crippen LogP contribution in [0.5, 0.6) is 0 Å². The summed E-state index contributed by atoms with van der Waals surface area (Å²) in [6.45, 7) is 17.1. The van der Waals surface area contributed by atoms with Gasteiger partial charge in [-0.2, -0.15) is 0 Å². The van der Waals surface area contributed by atoms with E-state index in [1.54, 1.807) is 6.07 Å². The Kier molecular flexibility index (Phi) is 7.58. The molecule has 7 nitrogen and oxygen atoms in total. The van der Waals surface area contributed by atoms with Gasteiger partial charge in [0, 0.05) is 36.3 Å². The van der Waals surface area contributed by atoms with Crippen LogP contribution in [0.15, 0.2) is 42.6 Å². The van der Waals surface area contributed by atoms with E-state index in [1.165, 1.54) is 6.07 Å². The lowest BCUT2D eigenvalue weighted by molar-refractivity contribution is 0.00578. The van der Waals surface area contributed by atoms with Gasteiger partial charge in [-0.25, -0.2) is 9.18 Å². The summed E-state index contributed by atoms with van der Waals surface area (Å²) < 4.78 is 32.8. The maximum atomic E-state index is 14.6. The number of nitrogens with zero attached hydrogens (tertiary/aromatic N) is 2. The standard InChI is InChI=1S/C32H41BFN3O4/c1-20-15-21(17-23(34)16-20)26-19-35-27-10-9-22(33-40-31(5,6)32(7,8)41-33)18-25(27)28(26)37-13-11-24(12-14-37)36-29(38)39-30(2,3)4/h9-10,15-19,24H,11-14H2,1-8H3,(H,36,38). The van der Waals surface area contributed by atoms with Crippen LogP contribution in [0, 0.1) is 12.7 Å². The molecule has 2 aliphatic rings. The zero-order valence-electron chi connectivity index (χ0n) is 25.4. The highest BCUT2D eigenvalue weighted by Crippen LogP contribution is 2.40. The lowest BCUT2D eigenvalue weighted by Crippen LogP contribution is -2.46. The highest BCUT2D eigenvalue weighted by Gasteiger charge is 2.51. The Morgan fingerprint density at radius 1 is 1.07 bits per heavy atom. The number of benzene rings is 2. The van der Waals surface area contributed by atoms with Gasteiger partial charge in [0.2, 0.25) is 0 Å². The first-order valence-electron chi connectivity index (χ1n) is 14.4. The molecule has 3 aromatic rings. The second kappa shape index (κ2) is 10.6. The van der Waals surface area contributed by atoms with Gasteiger partial charge in [0.1, 0.15) is 11.4 Å². The number of nitrogens with one attached hydrogen (secondary N) is 1. The predicted octanol–water partition coefficient (Wildman–Crippen LogP) is 6.14. The number of ether oxygens (including phenoxy) is 1. The Balaban J connectivity index is 1.52. The van der Waals surface area contributed by atoms with Crippen LogP contribution in [0.2, 0.25) is 0 Å². The highest BCUT2D eigenvalue weighted by atomic mass is 19.1. The molecule has 0 bridgehead atoms. The number of fused-ring (bicyclic) bond motifs is 1. The molecule has 2 aliphatic heterocycles. The molecule has 0 aliphatic carbocycles. The van der Waals surface area contributed by atoms with E-state index < -0.39 is 30.0 Å². The van der Waals surface area contributed by atoms with Gasteiger partial charge in [0.25, 0.3) is 0 Å². The van der Waals surface area contributed by atoms with E-state index in [0.717, 1.165) is 51.6 Å². The van der Waals surface area contributed by atoms with Crippen molar-refractivity contribution in [3.63, 3.8) is 0 Å². The number of hydrogen-bond donors (Lipinski definition) is 1. The van der Waals surface area contributed by atoms with Gasteiger partial charge in [-0.1, -0.05) is 18.2 Å². The number of carbonyl (C=O) groups excluding carboxylic acids is 1. The molecule has 0 unspecified atom stereocenters. The van der Waals surface area contributed by atoms with Crippen LogP contribution in [0.4, 0.5) is 14.9 Å². The summed E-state index contributed by atoms with van der Waals surface area (Å²) in [4.78, 5) is 19.5. The van der Waals surface area contributed by atoms with E-state index in [1.807, 2.05) is 79.8 Å². The second-order valence-corrected chi connectivity index (χ2v) is 13.3. The van der Waals surface area contributed by atoms with E-state index in [4.69, 9.17) is 19.0 Å². The van der Waals surface area contributed by atoms with Crippen molar-refractivity contribution < 1.29 is 23.2 Å². The van der Waals surface area contributed by atoms with E-state index >= 15 is 0 Å². The van der Waals surface area contributed by atoms with Crippen molar-refractivity contribution in [1.29, 1.82) is 0 Å². The van der Waals surface area contributed by atoms with Crippen LogP contribution in [-0.4, -0.2) is 54.1 Å². The fourth-order valence-corrected chi connectivity index (χ4v) is 5.49. The first-order chi connectivity index (χ1) is 19.1. The molecule has 5 rings (SSSR count). The maximum absolute atomic E-state index is 14.6. The van der Waals surface area contributed by atoms with Gasteiger partial charge in [0.05, 0.1) is 22.4 Å². The average Bonchev–Trinajstić information content (AvgIpc) is 3.08. The lowest BCUT2D eigenvalue weighted by Gasteiger charge is -2.36. The van der Waals surface area contributed by atoms with E-state index in [0.29, 0.717) is 13.1 Å². The topological polar surface area (TPSA) is 72.9 Å². The first kappa shape index (κ1) is 29.3. The summed E-state index contributed by atoms with van der Waals surface area (Å²) in [6.07, 6.45) is 2.95. The predicted molar refractivity (Wildman–Crippen MR) is 162 cm³/mol. The molecular weight excluding hydrogens is 520 g/mol. The molecule has 41 heavy (non-hydrogen) atoms. The molecule has 3 heterocycles. The summed E-state index contributed by atoms with van der Waals surface area (Å²) >= 11 is 0. The van der Waals surface area contributed by atoms with Crippen LogP contribution in [0.25, 0.3) is 22.0 Å². The largest absolute Gasteiger partial charge is 0.494 e. The normalized spacial score (nSPS) is 19.0. The summed E-state index contributed by atoms with van der Waals surface area (Å²) in [5.41, 5.74) is 3.76. The van der Waals surface area contributed by atoms with Crippen LogP contribution in [-0.2, 0) is 14.0 Å². The number of halogens is 1. The van der Waals surface area contributed by atoms with E-state index in [2.05, 4.69) is 16.3 Å². The number of aromatic nitrogens is 1. The van der Waals surface area contributed by atoms with Gasteiger partial charge < -0.3 is 24.3 Å². The molecular formula is C32H41BFN3O4. The van der Waals surface area contributed by atoms with Crippen LogP contribution < -0.4 is 15.7 Å². The van der Waals surface area contributed by atoms with Crippen LogP contribution in [0.1, 0.15) is 66.9 Å². The Hall–Kier alpha value is -3.17. The molecule has 2 aromatic carbocycles. The molecule has 1 amide bonds. The van der Waals surface area contributed by atoms with Crippen molar-refractivity contribution in [1.82, 2.24) is 10.3 Å². The number of anilines is 1. The van der Waals surface area contributed by atoms with Crippen molar-refractivity contribution in [3.05, 3.63) is 54.0 Å². The van der Waals surface area contributed by atoms with Gasteiger partial charge in [-0.05, 0) is 103 Å². The van der Waals surface area contributed by atoms with Crippen molar-refractivity contribution in [2.75, 3.05) is 18.0 Å². The molecule has 0 saturated carbocycles. The van der Waals surface area contributed by atoms with Gasteiger partial charge in [-0.15, -0.1) is 0 Å². The average molecular weight is 562 g/mol. The summed E-state index contributed by atoms with van der Waals surface area (Å²) in [7, 11) is -0.513. The minimum absolute atomic E-state index is 0.00868. The SMILES string of the molecule is Cc1cc(F)cc(-c2cnc3ccc(B4OC(C)(C)C(C)(C)O4)cc3c2N2CCC(NC(=O)OC(C)(C)C)CC2)c1. The molecule has 2 saturated heterocycles. The first-order valence-corrected chi connectivity index (χ1v) is 14.4. The summed E-state index contributed by atoms with van der Waals surface area (Å²) in [6, 6.07) is 11.2. The second-order valence-electron chi connectivity index (χ2n) is 13.3. The lowest BCUT2D eigenvalue weighted by atomic mass is 9.78. The fourth-order valence-electron chi connectivity index (χ4n) is 5.49. The van der Waals surface area contributed by atoms with Crippen molar-refractivity contribution in [2.45, 2.75) is 91.1 Å². The minimum Gasteiger partial charge on any atom is -0.444 e. The molecule has 0 spiro atoms. The summed E-state index contributed by atoms with van der Waals surface area (Å²) in [5, 5.41) is 3.98. The number of carbonyl (C=O) groups is 1. The quantitative estimate of drug-likeness (QED) is 0.386. The third-order valence-electron chi connectivity index (χ3n) is 8.27. The molecule has 1 aromatic heterocycles. The number of pyridine rings is 1. The molecule has 0 radical (unpaired) electrons. The minimum atomic E-state index is -0.548. The molecule has 0 atom stereocenters. The zero-order valence-corrected chi connectivity index (χ0v) is 25.4. The maximum Gasteiger partial charge on any atom is 0.494 e. The van der Waals surface area contributed by atoms with Gasteiger partial charge >= 0.3 is 13.2 Å². The van der Waals surface area contributed by atoms with E-state index in [-0.39, 0.29) is 11.9 Å². The van der Waals surface area contributed by atoms with Crippen molar-refractivity contribution in [2.24, 2.45) is 0 Å². The van der Waals surface area contributed by atoms with Crippen LogP contribution >= 0.6 is 0 Å². The highest BCUT2D eigenvalue weighted by molar-refractivity contribution is 6.62. The molecule has 1 N–H and O–H groups in total. The molecule has 9 heteroatoms. The smallest absolute Gasteiger partial charge is 0.444 e. The zero-order chi connectivity index (χ0) is 29.7. The van der Waals surface area contributed by atoms with Crippen molar-refractivity contribution >= 4 is 35.3 Å². The number of piperidine rings is 1. The van der Waals surface area contributed by atoms with Crippen LogP contribution in [0.3, 0.4) is 0 Å². The number of amides is 1. The van der Waals surface area contributed by atoms with E-state index in [9.17, 15) is 9.18 Å². The monoisotopic (exact) mass is 561 g/mol. The third-order valence-corrected chi connectivity index (χ3v) is 8.27. The Morgan fingerprint density at radius 2 is 1.73 bits per heavy atom. The number of rotatable bonds is 4. The molecule has 218 valence electrons. The number of alkyl carbamates (subject to hydrolysis) is 1. The van der Waals surface area contributed by atoms with Gasteiger partial charge in [-0.3, -0.25) is 4.98 Å². The molecule has 2 fully saturated rings. The summed E-state index contributed by atoms with van der Waals surface area (Å²) in [5.74, 6) is -0.280. The Bertz CT molecular complexity index is 1430. The number of hydrogen-bond acceptors (Lipinski definition) is 6. The Morgan fingerprint density at radius 3 is 2.34 bits per heavy atom. The fraction of sp³-hybridized carbons (Fsp3) is 0.500. The van der Waals surface area contributed by atoms with Crippen molar-refractivity contribution in [3.8, 4) is 11.1 Å². The van der Waals surface area contributed by atoms with Gasteiger partial charge in [0.15, 0.2) is 0 Å². The third kappa shape index (κ3) is 6.21. The number of aryl methyl sites for hydroxylation is 1.